The maximum absolute atomic E-state index is 12.1. The topological polar surface area (TPSA) is 84.5 Å². The van der Waals surface area contributed by atoms with Crippen molar-refractivity contribution in [1.29, 1.82) is 0 Å². The number of hydrogen-bond acceptors (Lipinski definition) is 4. The number of nitrogens with one attached hydrogen (secondary N) is 2. The Bertz CT molecular complexity index is 790. The van der Waals surface area contributed by atoms with E-state index in [4.69, 9.17) is 4.74 Å². The number of rotatable bonds is 8. The second kappa shape index (κ2) is 10.1. The zero-order chi connectivity index (χ0) is 19.6. The summed E-state index contributed by atoms with van der Waals surface area (Å²) in [5, 5.41) is 5.23. The van der Waals surface area contributed by atoms with Crippen LogP contribution < -0.4 is 10.6 Å². The van der Waals surface area contributed by atoms with Gasteiger partial charge in [0.2, 0.25) is 0 Å². The lowest BCUT2D eigenvalue weighted by Gasteiger charge is -2.14. The summed E-state index contributed by atoms with van der Waals surface area (Å²) in [6.45, 7) is 3.47. The van der Waals surface area contributed by atoms with Crippen LogP contribution in [0, 0.1) is 6.92 Å². The van der Waals surface area contributed by atoms with E-state index in [0.717, 1.165) is 11.1 Å². The molecule has 0 heterocycles. The SMILES string of the molecule is Cc1ccccc1C(=O)NCC(=O)OC(C)C(=O)NCCc1ccccc1. The molecule has 0 saturated carbocycles. The van der Waals surface area contributed by atoms with E-state index in [1.165, 1.54) is 6.92 Å². The Morgan fingerprint density at radius 1 is 0.963 bits per heavy atom. The van der Waals surface area contributed by atoms with Crippen LogP contribution in [0.3, 0.4) is 0 Å². The van der Waals surface area contributed by atoms with E-state index in [9.17, 15) is 14.4 Å². The molecule has 2 amide bonds. The lowest BCUT2D eigenvalue weighted by atomic mass is 10.1. The maximum Gasteiger partial charge on any atom is 0.326 e. The lowest BCUT2D eigenvalue weighted by Crippen LogP contribution is -2.39. The van der Waals surface area contributed by atoms with Gasteiger partial charge in [-0.25, -0.2) is 0 Å². The van der Waals surface area contributed by atoms with Crippen LogP contribution in [0.4, 0.5) is 0 Å². The van der Waals surface area contributed by atoms with Gasteiger partial charge in [0, 0.05) is 12.1 Å². The van der Waals surface area contributed by atoms with Crippen molar-refractivity contribution in [2.24, 2.45) is 0 Å². The van der Waals surface area contributed by atoms with Gasteiger partial charge in [0.25, 0.3) is 11.8 Å². The molecule has 0 spiro atoms. The molecule has 0 saturated heterocycles. The monoisotopic (exact) mass is 368 g/mol. The van der Waals surface area contributed by atoms with Crippen molar-refractivity contribution in [3.05, 3.63) is 71.3 Å². The maximum atomic E-state index is 12.1. The molecule has 142 valence electrons. The predicted octanol–water partition coefficient (Wildman–Crippen LogP) is 2.02. The minimum atomic E-state index is -0.927. The van der Waals surface area contributed by atoms with E-state index in [1.54, 1.807) is 12.1 Å². The number of ether oxygens (including phenoxy) is 1. The Balaban J connectivity index is 1.70. The highest BCUT2D eigenvalue weighted by Gasteiger charge is 2.18. The Morgan fingerprint density at radius 2 is 1.63 bits per heavy atom. The molecule has 0 aliphatic rings. The molecular formula is C21H24N2O4. The van der Waals surface area contributed by atoms with Gasteiger partial charge in [0.1, 0.15) is 6.54 Å². The third-order valence-corrected chi connectivity index (χ3v) is 4.02. The van der Waals surface area contributed by atoms with Gasteiger partial charge < -0.3 is 15.4 Å². The van der Waals surface area contributed by atoms with Gasteiger partial charge >= 0.3 is 5.97 Å². The summed E-state index contributed by atoms with van der Waals surface area (Å²) >= 11 is 0. The van der Waals surface area contributed by atoms with E-state index < -0.39 is 12.1 Å². The average molecular weight is 368 g/mol. The molecule has 0 aromatic heterocycles. The summed E-state index contributed by atoms with van der Waals surface area (Å²) in [4.78, 5) is 35.9. The Kier molecular flexibility index (Phi) is 7.55. The zero-order valence-electron chi connectivity index (χ0n) is 15.5. The van der Waals surface area contributed by atoms with Crippen molar-refractivity contribution >= 4 is 17.8 Å². The molecular weight excluding hydrogens is 344 g/mol. The molecule has 27 heavy (non-hydrogen) atoms. The fourth-order valence-corrected chi connectivity index (χ4v) is 2.49. The number of amides is 2. The Labute approximate surface area is 158 Å². The smallest absolute Gasteiger partial charge is 0.326 e. The van der Waals surface area contributed by atoms with E-state index in [0.29, 0.717) is 18.5 Å². The minimum Gasteiger partial charge on any atom is -0.451 e. The lowest BCUT2D eigenvalue weighted by molar-refractivity contribution is -0.153. The van der Waals surface area contributed by atoms with Crippen molar-refractivity contribution in [3.63, 3.8) is 0 Å². The third-order valence-electron chi connectivity index (χ3n) is 4.02. The molecule has 1 unspecified atom stereocenters. The Morgan fingerprint density at radius 3 is 2.33 bits per heavy atom. The largest absolute Gasteiger partial charge is 0.451 e. The number of aryl methyl sites for hydroxylation is 1. The molecule has 1 atom stereocenters. The molecule has 0 fully saturated rings. The summed E-state index contributed by atoms with van der Waals surface area (Å²) in [5.74, 6) is -1.39. The number of carbonyl (C=O) groups is 3. The van der Waals surface area contributed by atoms with Gasteiger partial charge in [0.05, 0.1) is 0 Å². The number of carbonyl (C=O) groups excluding carboxylic acids is 3. The van der Waals surface area contributed by atoms with Crippen LogP contribution in [0.2, 0.25) is 0 Å². The molecule has 0 aliphatic heterocycles. The molecule has 6 heteroatoms. The van der Waals surface area contributed by atoms with Crippen LogP contribution in [0.5, 0.6) is 0 Å². The first kappa shape index (κ1) is 20.2. The number of esters is 1. The van der Waals surface area contributed by atoms with Crippen LogP contribution in [0.25, 0.3) is 0 Å². The molecule has 0 aliphatic carbocycles. The van der Waals surface area contributed by atoms with E-state index in [-0.39, 0.29) is 18.4 Å². The number of hydrogen-bond donors (Lipinski definition) is 2. The van der Waals surface area contributed by atoms with Gasteiger partial charge in [0.15, 0.2) is 6.10 Å². The van der Waals surface area contributed by atoms with Gasteiger partial charge in [-0.2, -0.15) is 0 Å². The summed E-state index contributed by atoms with van der Waals surface area (Å²) in [5.41, 5.74) is 2.42. The molecule has 0 radical (unpaired) electrons. The highest BCUT2D eigenvalue weighted by atomic mass is 16.5. The molecule has 2 rings (SSSR count). The van der Waals surface area contributed by atoms with Crippen molar-refractivity contribution in [2.75, 3.05) is 13.1 Å². The van der Waals surface area contributed by atoms with E-state index in [2.05, 4.69) is 10.6 Å². The van der Waals surface area contributed by atoms with E-state index in [1.807, 2.05) is 49.4 Å². The van der Waals surface area contributed by atoms with Crippen molar-refractivity contribution < 1.29 is 19.1 Å². The molecule has 6 nitrogen and oxygen atoms in total. The van der Waals surface area contributed by atoms with Crippen LogP contribution >= 0.6 is 0 Å². The van der Waals surface area contributed by atoms with Crippen LogP contribution in [0.1, 0.15) is 28.4 Å². The fraction of sp³-hybridized carbons (Fsp3) is 0.286. The van der Waals surface area contributed by atoms with E-state index >= 15 is 0 Å². The molecule has 2 aromatic carbocycles. The fourth-order valence-electron chi connectivity index (χ4n) is 2.49. The van der Waals surface area contributed by atoms with Crippen LogP contribution in [-0.2, 0) is 20.7 Å². The first-order valence-corrected chi connectivity index (χ1v) is 8.82. The molecule has 0 bridgehead atoms. The van der Waals surface area contributed by atoms with Gasteiger partial charge in [-0.3, -0.25) is 14.4 Å². The zero-order valence-corrected chi connectivity index (χ0v) is 15.5. The highest BCUT2D eigenvalue weighted by Crippen LogP contribution is 2.06. The average Bonchev–Trinajstić information content (AvgIpc) is 2.67. The van der Waals surface area contributed by atoms with Crippen molar-refractivity contribution in [2.45, 2.75) is 26.4 Å². The van der Waals surface area contributed by atoms with Crippen LogP contribution in [0.15, 0.2) is 54.6 Å². The molecule has 2 aromatic rings. The summed E-state index contributed by atoms with van der Waals surface area (Å²) in [6.07, 6.45) is -0.233. The normalized spacial score (nSPS) is 11.3. The van der Waals surface area contributed by atoms with Gasteiger partial charge in [-0.1, -0.05) is 48.5 Å². The minimum absolute atomic E-state index is 0.297. The van der Waals surface area contributed by atoms with Crippen molar-refractivity contribution in [3.8, 4) is 0 Å². The van der Waals surface area contributed by atoms with Crippen LogP contribution in [-0.4, -0.2) is 37.0 Å². The van der Waals surface area contributed by atoms with Crippen molar-refractivity contribution in [1.82, 2.24) is 10.6 Å². The summed E-state index contributed by atoms with van der Waals surface area (Å²) < 4.78 is 5.07. The Hall–Kier alpha value is -3.15. The summed E-state index contributed by atoms with van der Waals surface area (Å²) in [7, 11) is 0. The van der Waals surface area contributed by atoms with Gasteiger partial charge in [-0.15, -0.1) is 0 Å². The number of benzene rings is 2. The first-order valence-electron chi connectivity index (χ1n) is 8.82. The highest BCUT2D eigenvalue weighted by molar-refractivity contribution is 5.97. The molecule has 2 N–H and O–H groups in total. The predicted molar refractivity (Wildman–Crippen MR) is 102 cm³/mol. The quantitative estimate of drug-likeness (QED) is 0.698. The second-order valence-electron chi connectivity index (χ2n) is 6.16. The standard InChI is InChI=1S/C21H24N2O4/c1-15-8-6-7-11-18(15)21(26)23-14-19(24)27-16(2)20(25)22-13-12-17-9-4-3-5-10-17/h3-11,16H,12-14H2,1-2H3,(H,22,25)(H,23,26). The van der Waals surface area contributed by atoms with Gasteiger partial charge in [-0.05, 0) is 37.5 Å². The first-order chi connectivity index (χ1) is 13.0. The summed E-state index contributed by atoms with van der Waals surface area (Å²) in [6, 6.07) is 16.8. The third kappa shape index (κ3) is 6.58. The second-order valence-corrected chi connectivity index (χ2v) is 6.16.